The Bertz CT molecular complexity index is 597. The van der Waals surface area contributed by atoms with Gasteiger partial charge in [-0.05, 0) is 34.5 Å². The van der Waals surface area contributed by atoms with Crippen LogP contribution in [0.4, 0.5) is 11.4 Å². The molecule has 0 spiro atoms. The number of aromatic nitrogens is 2. The zero-order chi connectivity index (χ0) is 13.8. The first-order valence-corrected chi connectivity index (χ1v) is 6.58. The Labute approximate surface area is 118 Å². The Morgan fingerprint density at radius 3 is 2.89 bits per heavy atom. The first-order chi connectivity index (χ1) is 9.10. The fourth-order valence-corrected chi connectivity index (χ4v) is 2.11. The molecule has 0 radical (unpaired) electrons. The van der Waals surface area contributed by atoms with E-state index in [-0.39, 0.29) is 10.6 Å². The number of anilines is 1. The van der Waals surface area contributed by atoms with Crippen LogP contribution in [-0.4, -0.2) is 21.2 Å². The van der Waals surface area contributed by atoms with Crippen LogP contribution in [0.15, 0.2) is 35.1 Å². The SMILES string of the molecule is CCNc1ccc(Cn2cc(Br)cn2)cc1[N+](=O)[O-]. The van der Waals surface area contributed by atoms with Gasteiger partial charge in [-0.3, -0.25) is 14.8 Å². The molecule has 1 heterocycles. The van der Waals surface area contributed by atoms with Gasteiger partial charge in [-0.15, -0.1) is 0 Å². The lowest BCUT2D eigenvalue weighted by Crippen LogP contribution is -2.04. The number of nitro benzene ring substituents is 1. The summed E-state index contributed by atoms with van der Waals surface area (Å²) in [5.41, 5.74) is 1.47. The molecule has 7 heteroatoms. The molecule has 0 aliphatic carbocycles. The molecule has 2 rings (SSSR count). The highest BCUT2D eigenvalue weighted by atomic mass is 79.9. The van der Waals surface area contributed by atoms with Crippen LogP contribution >= 0.6 is 15.9 Å². The number of rotatable bonds is 5. The molecule has 0 unspecified atom stereocenters. The summed E-state index contributed by atoms with van der Waals surface area (Å²) in [4.78, 5) is 10.7. The summed E-state index contributed by atoms with van der Waals surface area (Å²) in [6.45, 7) is 3.05. The number of halogens is 1. The van der Waals surface area contributed by atoms with Gasteiger partial charge in [0.1, 0.15) is 5.69 Å². The number of nitrogens with zero attached hydrogens (tertiary/aromatic N) is 3. The zero-order valence-corrected chi connectivity index (χ0v) is 11.9. The summed E-state index contributed by atoms with van der Waals surface area (Å²) >= 11 is 3.31. The van der Waals surface area contributed by atoms with Crippen LogP contribution in [-0.2, 0) is 6.54 Å². The van der Waals surface area contributed by atoms with Crippen molar-refractivity contribution >= 4 is 27.3 Å². The third kappa shape index (κ3) is 3.31. The lowest BCUT2D eigenvalue weighted by atomic mass is 10.1. The maximum absolute atomic E-state index is 11.0. The molecule has 2 aromatic rings. The molecule has 0 bridgehead atoms. The summed E-state index contributed by atoms with van der Waals surface area (Å²) in [5.74, 6) is 0. The zero-order valence-electron chi connectivity index (χ0n) is 10.3. The third-order valence-electron chi connectivity index (χ3n) is 2.57. The molecule has 0 aliphatic rings. The topological polar surface area (TPSA) is 73.0 Å². The molecule has 6 nitrogen and oxygen atoms in total. The number of hydrogen-bond donors (Lipinski definition) is 1. The van der Waals surface area contributed by atoms with E-state index in [0.29, 0.717) is 18.8 Å². The van der Waals surface area contributed by atoms with E-state index in [0.717, 1.165) is 10.0 Å². The van der Waals surface area contributed by atoms with Gasteiger partial charge in [0.15, 0.2) is 0 Å². The Balaban J connectivity index is 2.27. The van der Waals surface area contributed by atoms with E-state index in [2.05, 4.69) is 26.3 Å². The largest absolute Gasteiger partial charge is 0.380 e. The predicted molar refractivity (Wildman–Crippen MR) is 76.3 cm³/mol. The molecule has 19 heavy (non-hydrogen) atoms. The van der Waals surface area contributed by atoms with E-state index in [9.17, 15) is 10.1 Å². The molecule has 1 N–H and O–H groups in total. The van der Waals surface area contributed by atoms with E-state index in [4.69, 9.17) is 0 Å². The summed E-state index contributed by atoms with van der Waals surface area (Å²) in [5, 5.41) is 18.2. The molecule has 0 aliphatic heterocycles. The molecular weight excluding hydrogens is 312 g/mol. The predicted octanol–water partition coefficient (Wildman–Crippen LogP) is 3.03. The van der Waals surface area contributed by atoms with Crippen molar-refractivity contribution < 1.29 is 4.92 Å². The second-order valence-electron chi connectivity index (χ2n) is 4.00. The molecule has 0 atom stereocenters. The maximum Gasteiger partial charge on any atom is 0.292 e. The van der Waals surface area contributed by atoms with Gasteiger partial charge in [-0.1, -0.05) is 6.07 Å². The Morgan fingerprint density at radius 1 is 1.53 bits per heavy atom. The van der Waals surface area contributed by atoms with Crippen molar-refractivity contribution in [3.05, 3.63) is 50.7 Å². The van der Waals surface area contributed by atoms with Crippen LogP contribution in [0, 0.1) is 10.1 Å². The van der Waals surface area contributed by atoms with Gasteiger partial charge < -0.3 is 5.32 Å². The summed E-state index contributed by atoms with van der Waals surface area (Å²) in [7, 11) is 0. The first kappa shape index (κ1) is 13.5. The quantitative estimate of drug-likeness (QED) is 0.677. The van der Waals surface area contributed by atoms with Crippen LogP contribution in [0.2, 0.25) is 0 Å². The van der Waals surface area contributed by atoms with Crippen molar-refractivity contribution in [3.63, 3.8) is 0 Å². The molecule has 0 saturated heterocycles. The second kappa shape index (κ2) is 5.83. The van der Waals surface area contributed by atoms with Gasteiger partial charge >= 0.3 is 0 Å². The minimum Gasteiger partial charge on any atom is -0.380 e. The first-order valence-electron chi connectivity index (χ1n) is 5.79. The standard InChI is InChI=1S/C12H13BrN4O2/c1-2-14-11-4-3-9(5-12(11)17(18)19)7-16-8-10(13)6-15-16/h3-6,8,14H,2,7H2,1H3. The minimum atomic E-state index is -0.375. The normalized spacial score (nSPS) is 10.4. The number of benzene rings is 1. The van der Waals surface area contributed by atoms with E-state index in [1.165, 1.54) is 0 Å². The van der Waals surface area contributed by atoms with Crippen LogP contribution < -0.4 is 5.32 Å². The molecular formula is C12H13BrN4O2. The van der Waals surface area contributed by atoms with Gasteiger partial charge in [0.2, 0.25) is 0 Å². The molecule has 100 valence electrons. The number of nitrogens with one attached hydrogen (secondary N) is 1. The molecule has 0 amide bonds. The molecule has 0 fully saturated rings. The van der Waals surface area contributed by atoms with Gasteiger partial charge in [0, 0.05) is 18.8 Å². The van der Waals surface area contributed by atoms with Gasteiger partial charge in [0.25, 0.3) is 5.69 Å². The summed E-state index contributed by atoms with van der Waals surface area (Å²) < 4.78 is 2.60. The van der Waals surface area contributed by atoms with Crippen LogP contribution in [0.1, 0.15) is 12.5 Å². The lowest BCUT2D eigenvalue weighted by molar-refractivity contribution is -0.384. The van der Waals surface area contributed by atoms with Crippen molar-refractivity contribution in [2.24, 2.45) is 0 Å². The van der Waals surface area contributed by atoms with E-state index in [1.54, 1.807) is 23.0 Å². The van der Waals surface area contributed by atoms with E-state index in [1.807, 2.05) is 19.2 Å². The van der Waals surface area contributed by atoms with Gasteiger partial charge in [-0.25, -0.2) is 0 Å². The smallest absolute Gasteiger partial charge is 0.292 e. The summed E-state index contributed by atoms with van der Waals surface area (Å²) in [6.07, 6.45) is 3.51. The number of nitro groups is 1. The Hall–Kier alpha value is -1.89. The second-order valence-corrected chi connectivity index (χ2v) is 4.91. The highest BCUT2D eigenvalue weighted by Crippen LogP contribution is 2.25. The number of hydrogen-bond acceptors (Lipinski definition) is 4. The molecule has 1 aromatic heterocycles. The van der Waals surface area contributed by atoms with Crippen molar-refractivity contribution in [2.75, 3.05) is 11.9 Å². The van der Waals surface area contributed by atoms with Crippen LogP contribution in [0.5, 0.6) is 0 Å². The van der Waals surface area contributed by atoms with E-state index >= 15 is 0 Å². The lowest BCUT2D eigenvalue weighted by Gasteiger charge is -2.07. The average Bonchev–Trinajstić information content (AvgIpc) is 2.77. The molecule has 1 aromatic carbocycles. The third-order valence-corrected chi connectivity index (χ3v) is 2.98. The Morgan fingerprint density at radius 2 is 2.32 bits per heavy atom. The van der Waals surface area contributed by atoms with Crippen molar-refractivity contribution in [1.29, 1.82) is 0 Å². The van der Waals surface area contributed by atoms with E-state index < -0.39 is 0 Å². The maximum atomic E-state index is 11.0. The highest BCUT2D eigenvalue weighted by Gasteiger charge is 2.14. The summed E-state index contributed by atoms with van der Waals surface area (Å²) in [6, 6.07) is 5.17. The van der Waals surface area contributed by atoms with Crippen molar-refractivity contribution in [3.8, 4) is 0 Å². The Kier molecular flexibility index (Phi) is 4.16. The van der Waals surface area contributed by atoms with Gasteiger partial charge in [-0.2, -0.15) is 5.10 Å². The average molecular weight is 325 g/mol. The fourth-order valence-electron chi connectivity index (χ4n) is 1.78. The highest BCUT2D eigenvalue weighted by molar-refractivity contribution is 9.10. The van der Waals surface area contributed by atoms with Crippen LogP contribution in [0.3, 0.4) is 0 Å². The fraction of sp³-hybridized carbons (Fsp3) is 0.250. The van der Waals surface area contributed by atoms with Crippen molar-refractivity contribution in [2.45, 2.75) is 13.5 Å². The minimum absolute atomic E-state index is 0.0885. The van der Waals surface area contributed by atoms with Crippen LogP contribution in [0.25, 0.3) is 0 Å². The molecule has 0 saturated carbocycles. The van der Waals surface area contributed by atoms with Crippen molar-refractivity contribution in [1.82, 2.24) is 9.78 Å². The monoisotopic (exact) mass is 324 g/mol. The van der Waals surface area contributed by atoms with Gasteiger partial charge in [0.05, 0.1) is 22.1 Å².